The summed E-state index contributed by atoms with van der Waals surface area (Å²) < 4.78 is 5.53. The Morgan fingerprint density at radius 1 is 1.22 bits per heavy atom. The summed E-state index contributed by atoms with van der Waals surface area (Å²) in [6.45, 7) is 2.68. The second-order valence-electron chi connectivity index (χ2n) is 3.97. The van der Waals surface area contributed by atoms with Gasteiger partial charge in [0.25, 0.3) is 0 Å². The standard InChI is InChI=1S/C13H14ClN3O/c1-9-5-12(15)17-13(16-9)8-18-7-10-3-2-4-11(14)6-10/h2-6H,7-8H2,1H3,(H2,15,16,17). The molecule has 1 heterocycles. The number of aryl methyl sites for hydroxylation is 1. The Morgan fingerprint density at radius 2 is 2.06 bits per heavy atom. The van der Waals surface area contributed by atoms with Crippen molar-refractivity contribution < 1.29 is 4.74 Å². The molecule has 0 saturated heterocycles. The van der Waals surface area contributed by atoms with Crippen LogP contribution in [0.15, 0.2) is 30.3 Å². The number of anilines is 1. The van der Waals surface area contributed by atoms with Gasteiger partial charge in [0.1, 0.15) is 12.4 Å². The van der Waals surface area contributed by atoms with E-state index in [4.69, 9.17) is 22.1 Å². The van der Waals surface area contributed by atoms with E-state index < -0.39 is 0 Å². The molecule has 0 unspecified atom stereocenters. The lowest BCUT2D eigenvalue weighted by molar-refractivity contribution is 0.102. The molecule has 0 spiro atoms. The highest BCUT2D eigenvalue weighted by Crippen LogP contribution is 2.12. The third-order valence-corrected chi connectivity index (χ3v) is 2.54. The molecule has 94 valence electrons. The molecular weight excluding hydrogens is 250 g/mol. The molecule has 0 saturated carbocycles. The fraction of sp³-hybridized carbons (Fsp3) is 0.231. The Labute approximate surface area is 111 Å². The van der Waals surface area contributed by atoms with Crippen LogP contribution in [0.5, 0.6) is 0 Å². The first-order valence-corrected chi connectivity index (χ1v) is 5.93. The molecule has 0 aliphatic carbocycles. The third-order valence-electron chi connectivity index (χ3n) is 2.31. The van der Waals surface area contributed by atoms with Gasteiger partial charge in [-0.3, -0.25) is 0 Å². The van der Waals surface area contributed by atoms with Gasteiger partial charge in [0.15, 0.2) is 5.82 Å². The van der Waals surface area contributed by atoms with Crippen LogP contribution in [0.1, 0.15) is 17.1 Å². The number of nitrogens with two attached hydrogens (primary N) is 1. The van der Waals surface area contributed by atoms with Gasteiger partial charge < -0.3 is 10.5 Å². The zero-order valence-corrected chi connectivity index (χ0v) is 10.8. The SMILES string of the molecule is Cc1cc(N)nc(COCc2cccc(Cl)c2)n1. The minimum absolute atomic E-state index is 0.332. The highest BCUT2D eigenvalue weighted by atomic mass is 35.5. The molecule has 2 rings (SSSR count). The number of rotatable bonds is 4. The van der Waals surface area contributed by atoms with Crippen LogP contribution in [0.25, 0.3) is 0 Å². The zero-order valence-electron chi connectivity index (χ0n) is 10.1. The highest BCUT2D eigenvalue weighted by Gasteiger charge is 2.01. The number of ether oxygens (including phenoxy) is 1. The van der Waals surface area contributed by atoms with Gasteiger partial charge in [-0.2, -0.15) is 0 Å². The first-order chi connectivity index (χ1) is 8.63. The maximum atomic E-state index is 5.89. The van der Waals surface area contributed by atoms with Crippen molar-refractivity contribution in [1.29, 1.82) is 0 Å². The van der Waals surface area contributed by atoms with Crippen molar-refractivity contribution in [3.05, 3.63) is 52.4 Å². The van der Waals surface area contributed by atoms with E-state index in [2.05, 4.69) is 9.97 Å². The molecule has 0 amide bonds. The normalized spacial score (nSPS) is 10.6. The summed E-state index contributed by atoms with van der Waals surface area (Å²) in [7, 11) is 0. The van der Waals surface area contributed by atoms with E-state index in [0.29, 0.717) is 29.9 Å². The van der Waals surface area contributed by atoms with Crippen LogP contribution in [-0.2, 0) is 18.0 Å². The Morgan fingerprint density at radius 3 is 2.78 bits per heavy atom. The molecule has 4 nitrogen and oxygen atoms in total. The summed E-state index contributed by atoms with van der Waals surface area (Å²) in [5.41, 5.74) is 7.49. The molecule has 0 radical (unpaired) electrons. The molecule has 0 atom stereocenters. The Bertz CT molecular complexity index is 525. The van der Waals surface area contributed by atoms with Crippen molar-refractivity contribution in [2.75, 3.05) is 5.73 Å². The number of nitrogens with zero attached hydrogens (tertiary/aromatic N) is 2. The van der Waals surface area contributed by atoms with Gasteiger partial charge in [0.05, 0.1) is 6.61 Å². The molecule has 18 heavy (non-hydrogen) atoms. The predicted molar refractivity (Wildman–Crippen MR) is 71.1 cm³/mol. The van der Waals surface area contributed by atoms with Crippen LogP contribution >= 0.6 is 11.6 Å². The fourth-order valence-corrected chi connectivity index (χ4v) is 1.82. The zero-order chi connectivity index (χ0) is 13.0. The van der Waals surface area contributed by atoms with Crippen LogP contribution < -0.4 is 5.73 Å². The quantitative estimate of drug-likeness (QED) is 0.921. The van der Waals surface area contributed by atoms with Gasteiger partial charge in [-0.15, -0.1) is 0 Å². The van der Waals surface area contributed by atoms with Gasteiger partial charge in [-0.05, 0) is 24.6 Å². The van der Waals surface area contributed by atoms with Crippen molar-refractivity contribution >= 4 is 17.4 Å². The summed E-state index contributed by atoms with van der Waals surface area (Å²) in [5, 5.41) is 0.701. The molecular formula is C13H14ClN3O. The van der Waals surface area contributed by atoms with E-state index in [1.165, 1.54) is 0 Å². The molecule has 5 heteroatoms. The average Bonchev–Trinajstić information content (AvgIpc) is 2.27. The third kappa shape index (κ3) is 3.68. The average molecular weight is 264 g/mol. The first-order valence-electron chi connectivity index (χ1n) is 5.56. The van der Waals surface area contributed by atoms with E-state index in [-0.39, 0.29) is 0 Å². The van der Waals surface area contributed by atoms with E-state index in [0.717, 1.165) is 11.3 Å². The number of hydrogen-bond donors (Lipinski definition) is 1. The van der Waals surface area contributed by atoms with Crippen molar-refractivity contribution in [3.63, 3.8) is 0 Å². The maximum absolute atomic E-state index is 5.89. The Balaban J connectivity index is 1.92. The molecule has 2 N–H and O–H groups in total. The van der Waals surface area contributed by atoms with Crippen LogP contribution in [-0.4, -0.2) is 9.97 Å². The molecule has 0 fully saturated rings. The number of halogens is 1. The molecule has 0 bridgehead atoms. The largest absolute Gasteiger partial charge is 0.384 e. The number of aromatic nitrogens is 2. The van der Waals surface area contributed by atoms with E-state index in [1.54, 1.807) is 6.07 Å². The molecule has 1 aromatic carbocycles. The van der Waals surface area contributed by atoms with Crippen molar-refractivity contribution in [2.24, 2.45) is 0 Å². The number of hydrogen-bond acceptors (Lipinski definition) is 4. The fourth-order valence-electron chi connectivity index (χ4n) is 1.61. The first kappa shape index (κ1) is 12.8. The maximum Gasteiger partial charge on any atom is 0.156 e. The lowest BCUT2D eigenvalue weighted by Gasteiger charge is -2.05. The molecule has 1 aromatic heterocycles. The van der Waals surface area contributed by atoms with Gasteiger partial charge in [0, 0.05) is 16.8 Å². The number of benzene rings is 1. The van der Waals surface area contributed by atoms with E-state index in [1.807, 2.05) is 31.2 Å². The minimum Gasteiger partial charge on any atom is -0.384 e. The second-order valence-corrected chi connectivity index (χ2v) is 4.41. The van der Waals surface area contributed by atoms with Crippen molar-refractivity contribution in [3.8, 4) is 0 Å². The lowest BCUT2D eigenvalue weighted by atomic mass is 10.2. The van der Waals surface area contributed by atoms with Gasteiger partial charge >= 0.3 is 0 Å². The topological polar surface area (TPSA) is 61.0 Å². The van der Waals surface area contributed by atoms with Crippen molar-refractivity contribution in [1.82, 2.24) is 9.97 Å². The van der Waals surface area contributed by atoms with Gasteiger partial charge in [0.2, 0.25) is 0 Å². The summed E-state index contributed by atoms with van der Waals surface area (Å²) >= 11 is 5.89. The smallest absolute Gasteiger partial charge is 0.156 e. The molecule has 0 aliphatic rings. The number of nitrogen functional groups attached to an aromatic ring is 1. The second kappa shape index (κ2) is 5.80. The summed E-state index contributed by atoms with van der Waals surface area (Å²) in [6, 6.07) is 9.27. The van der Waals surface area contributed by atoms with Gasteiger partial charge in [-0.25, -0.2) is 9.97 Å². The van der Waals surface area contributed by atoms with Crippen molar-refractivity contribution in [2.45, 2.75) is 20.1 Å². The van der Waals surface area contributed by atoms with Crippen LogP contribution in [0.2, 0.25) is 5.02 Å². The van der Waals surface area contributed by atoms with Crippen LogP contribution in [0.4, 0.5) is 5.82 Å². The minimum atomic E-state index is 0.332. The van der Waals surface area contributed by atoms with E-state index in [9.17, 15) is 0 Å². The molecule has 2 aromatic rings. The Hall–Kier alpha value is -1.65. The summed E-state index contributed by atoms with van der Waals surface area (Å²) in [6.07, 6.45) is 0. The molecule has 0 aliphatic heterocycles. The monoisotopic (exact) mass is 263 g/mol. The highest BCUT2D eigenvalue weighted by molar-refractivity contribution is 6.30. The summed E-state index contributed by atoms with van der Waals surface area (Å²) in [5.74, 6) is 1.05. The van der Waals surface area contributed by atoms with E-state index >= 15 is 0 Å². The lowest BCUT2D eigenvalue weighted by Crippen LogP contribution is -2.03. The van der Waals surface area contributed by atoms with Crippen LogP contribution in [0, 0.1) is 6.92 Å². The summed E-state index contributed by atoms with van der Waals surface area (Å²) in [4.78, 5) is 8.34. The predicted octanol–water partition coefficient (Wildman–Crippen LogP) is 2.74. The van der Waals surface area contributed by atoms with Crippen LogP contribution in [0.3, 0.4) is 0 Å². The Kier molecular flexibility index (Phi) is 4.12. The van der Waals surface area contributed by atoms with Gasteiger partial charge in [-0.1, -0.05) is 23.7 Å².